The molecule has 1 aromatic carbocycles. The molecule has 6 nitrogen and oxygen atoms in total. The summed E-state index contributed by atoms with van der Waals surface area (Å²) in [7, 11) is 3.02. The van der Waals surface area contributed by atoms with Gasteiger partial charge < -0.3 is 4.57 Å². The highest BCUT2D eigenvalue weighted by Gasteiger charge is 2.21. The highest BCUT2D eigenvalue weighted by atomic mass is 19.1. The van der Waals surface area contributed by atoms with Crippen LogP contribution < -0.4 is 11.2 Å². The van der Waals surface area contributed by atoms with Crippen molar-refractivity contribution < 1.29 is 4.39 Å². The lowest BCUT2D eigenvalue weighted by atomic mass is 10.1. The van der Waals surface area contributed by atoms with Gasteiger partial charge in [0.1, 0.15) is 5.82 Å². The average Bonchev–Trinajstić information content (AvgIpc) is 3.05. The molecule has 3 heterocycles. The minimum Gasteiger partial charge on any atom is -0.339 e. The Balaban J connectivity index is 2.11. The van der Waals surface area contributed by atoms with E-state index < -0.39 is 17.1 Å². The molecule has 0 radical (unpaired) electrons. The van der Waals surface area contributed by atoms with Crippen LogP contribution >= 0.6 is 0 Å². The molecule has 0 amide bonds. The summed E-state index contributed by atoms with van der Waals surface area (Å²) in [4.78, 5) is 29.5. The van der Waals surface area contributed by atoms with Crippen molar-refractivity contribution in [1.82, 2.24) is 18.7 Å². The van der Waals surface area contributed by atoms with Gasteiger partial charge in [0.15, 0.2) is 0 Å². The van der Waals surface area contributed by atoms with Crippen molar-refractivity contribution in [2.45, 2.75) is 6.54 Å². The van der Waals surface area contributed by atoms with Gasteiger partial charge in [-0.15, -0.1) is 0 Å². The summed E-state index contributed by atoms with van der Waals surface area (Å²) in [6.45, 7) is 0.344. The Morgan fingerprint density at radius 3 is 2.44 bits per heavy atom. The van der Waals surface area contributed by atoms with Crippen molar-refractivity contribution in [3.05, 3.63) is 87.2 Å². The van der Waals surface area contributed by atoms with Crippen molar-refractivity contribution in [3.8, 4) is 11.3 Å². The molecule has 0 spiro atoms. The number of hydrogen-bond donors (Lipinski definition) is 0. The van der Waals surface area contributed by atoms with E-state index in [1.807, 2.05) is 18.2 Å². The first-order valence-corrected chi connectivity index (χ1v) is 8.42. The first kappa shape index (κ1) is 17.0. The van der Waals surface area contributed by atoms with E-state index in [2.05, 4.69) is 4.98 Å². The first-order chi connectivity index (χ1) is 13.0. The lowest BCUT2D eigenvalue weighted by molar-refractivity contribution is 0.628. The molecule has 0 aliphatic rings. The molecule has 0 bridgehead atoms. The van der Waals surface area contributed by atoms with Crippen LogP contribution in [-0.2, 0) is 20.6 Å². The second-order valence-electron chi connectivity index (χ2n) is 6.37. The second-order valence-corrected chi connectivity index (χ2v) is 6.37. The van der Waals surface area contributed by atoms with Gasteiger partial charge in [-0.3, -0.25) is 18.9 Å². The standard InChI is InChI=1S/C20H17FN4O2/c1-23-16-12-25(11-13-7-5-6-10-22-13)18(14-8-3-4-9-15(14)21)17(16)19(26)24(2)20(23)27/h3-10,12H,11H2,1-2H3. The van der Waals surface area contributed by atoms with Crippen LogP contribution in [0, 0.1) is 5.82 Å². The number of halogens is 1. The van der Waals surface area contributed by atoms with Gasteiger partial charge in [-0.25, -0.2) is 9.18 Å². The van der Waals surface area contributed by atoms with Crippen LogP contribution in [0.3, 0.4) is 0 Å². The average molecular weight is 364 g/mol. The molecule has 136 valence electrons. The van der Waals surface area contributed by atoms with E-state index in [0.29, 0.717) is 28.7 Å². The van der Waals surface area contributed by atoms with Crippen LogP contribution in [0.4, 0.5) is 4.39 Å². The van der Waals surface area contributed by atoms with Gasteiger partial charge >= 0.3 is 5.69 Å². The smallest absolute Gasteiger partial charge is 0.330 e. The van der Waals surface area contributed by atoms with Gasteiger partial charge in [-0.1, -0.05) is 18.2 Å². The fraction of sp³-hybridized carbons (Fsp3) is 0.150. The predicted octanol–water partition coefficient (Wildman–Crippen LogP) is 2.29. The van der Waals surface area contributed by atoms with E-state index in [1.165, 1.54) is 17.7 Å². The van der Waals surface area contributed by atoms with E-state index in [1.54, 1.807) is 42.2 Å². The van der Waals surface area contributed by atoms with Gasteiger partial charge in [0.2, 0.25) is 0 Å². The molecule has 0 saturated carbocycles. The lowest BCUT2D eigenvalue weighted by Crippen LogP contribution is -2.36. The molecule has 27 heavy (non-hydrogen) atoms. The summed E-state index contributed by atoms with van der Waals surface area (Å²) >= 11 is 0. The summed E-state index contributed by atoms with van der Waals surface area (Å²) in [5.41, 5.74) is 1.08. The minimum atomic E-state index is -0.453. The maximum absolute atomic E-state index is 14.6. The SMILES string of the molecule is Cn1c(=O)c2c(-c3ccccc3F)n(Cc3ccccn3)cc2n(C)c1=O. The van der Waals surface area contributed by atoms with Gasteiger partial charge in [-0.05, 0) is 24.3 Å². The van der Waals surface area contributed by atoms with Crippen molar-refractivity contribution in [2.24, 2.45) is 14.1 Å². The zero-order valence-corrected chi connectivity index (χ0v) is 14.9. The topological polar surface area (TPSA) is 61.8 Å². The second kappa shape index (κ2) is 6.35. The Kier molecular flexibility index (Phi) is 3.99. The molecule has 0 unspecified atom stereocenters. The molecule has 0 aliphatic heterocycles. The molecule has 0 aliphatic carbocycles. The summed E-state index contributed by atoms with van der Waals surface area (Å²) in [6, 6.07) is 11.8. The van der Waals surface area contributed by atoms with Crippen LogP contribution in [0.15, 0.2) is 64.4 Å². The first-order valence-electron chi connectivity index (χ1n) is 8.42. The number of rotatable bonds is 3. The Morgan fingerprint density at radius 2 is 1.74 bits per heavy atom. The Labute approximate surface area is 153 Å². The normalized spacial score (nSPS) is 11.2. The molecule has 7 heteroatoms. The highest BCUT2D eigenvalue weighted by Crippen LogP contribution is 2.30. The third kappa shape index (κ3) is 2.68. The molecule has 4 rings (SSSR count). The van der Waals surface area contributed by atoms with Crippen LogP contribution in [0.25, 0.3) is 22.2 Å². The van der Waals surface area contributed by atoms with Gasteiger partial charge in [0.25, 0.3) is 5.56 Å². The van der Waals surface area contributed by atoms with Gasteiger partial charge in [0.05, 0.1) is 28.8 Å². The van der Waals surface area contributed by atoms with E-state index in [0.717, 1.165) is 10.3 Å². The van der Waals surface area contributed by atoms with E-state index in [9.17, 15) is 14.0 Å². The van der Waals surface area contributed by atoms with E-state index >= 15 is 0 Å². The Hall–Kier alpha value is -3.48. The monoisotopic (exact) mass is 364 g/mol. The third-order valence-corrected chi connectivity index (χ3v) is 4.70. The number of aryl methyl sites for hydroxylation is 1. The molecule has 4 aromatic rings. The lowest BCUT2D eigenvalue weighted by Gasteiger charge is -2.10. The van der Waals surface area contributed by atoms with Crippen molar-refractivity contribution in [3.63, 3.8) is 0 Å². The number of nitrogens with zero attached hydrogens (tertiary/aromatic N) is 4. The van der Waals surface area contributed by atoms with Crippen LogP contribution in [0.1, 0.15) is 5.69 Å². The summed E-state index contributed by atoms with van der Waals surface area (Å²) in [5.74, 6) is -0.435. The summed E-state index contributed by atoms with van der Waals surface area (Å²) < 4.78 is 18.8. The summed E-state index contributed by atoms with van der Waals surface area (Å²) in [5, 5.41) is 0.306. The maximum atomic E-state index is 14.6. The van der Waals surface area contributed by atoms with Crippen LogP contribution in [0.5, 0.6) is 0 Å². The Bertz CT molecular complexity index is 1270. The third-order valence-electron chi connectivity index (χ3n) is 4.70. The van der Waals surface area contributed by atoms with Gasteiger partial charge in [0, 0.05) is 32.1 Å². The molecule has 0 fully saturated rings. The van der Waals surface area contributed by atoms with Crippen molar-refractivity contribution >= 4 is 10.9 Å². The number of benzene rings is 1. The quantitative estimate of drug-likeness (QED) is 0.560. The molecular weight excluding hydrogens is 347 g/mol. The molecule has 3 aromatic heterocycles. The Morgan fingerprint density at radius 1 is 1.00 bits per heavy atom. The largest absolute Gasteiger partial charge is 0.339 e. The van der Waals surface area contributed by atoms with Crippen LogP contribution in [0.2, 0.25) is 0 Å². The highest BCUT2D eigenvalue weighted by molar-refractivity contribution is 5.93. The summed E-state index contributed by atoms with van der Waals surface area (Å²) in [6.07, 6.45) is 3.38. The molecular formula is C20H17FN4O2. The predicted molar refractivity (Wildman–Crippen MR) is 101 cm³/mol. The molecule has 0 atom stereocenters. The van der Waals surface area contributed by atoms with Crippen LogP contribution in [-0.4, -0.2) is 18.7 Å². The van der Waals surface area contributed by atoms with E-state index in [4.69, 9.17) is 0 Å². The van der Waals surface area contributed by atoms with Crippen molar-refractivity contribution in [2.75, 3.05) is 0 Å². The zero-order chi connectivity index (χ0) is 19.1. The van der Waals surface area contributed by atoms with Crippen molar-refractivity contribution in [1.29, 1.82) is 0 Å². The number of pyridine rings is 1. The van der Waals surface area contributed by atoms with Gasteiger partial charge in [-0.2, -0.15) is 0 Å². The number of hydrogen-bond acceptors (Lipinski definition) is 3. The van der Waals surface area contributed by atoms with E-state index in [-0.39, 0.29) is 0 Å². The number of fused-ring (bicyclic) bond motifs is 1. The molecule has 0 saturated heterocycles. The fourth-order valence-electron chi connectivity index (χ4n) is 3.32. The molecule has 0 N–H and O–H groups in total. The zero-order valence-electron chi connectivity index (χ0n) is 14.9. The number of aromatic nitrogens is 4. The maximum Gasteiger partial charge on any atom is 0.330 e. The fourth-order valence-corrected chi connectivity index (χ4v) is 3.32. The minimum absolute atomic E-state index is 0.305.